The number of likely N-dealkylation sites (tertiary alicyclic amines) is 1. The van der Waals surface area contributed by atoms with Gasteiger partial charge in [-0.1, -0.05) is 26.7 Å². The highest BCUT2D eigenvalue weighted by atomic mass is 16.2. The van der Waals surface area contributed by atoms with E-state index in [9.17, 15) is 4.79 Å². The summed E-state index contributed by atoms with van der Waals surface area (Å²) >= 11 is 0. The third-order valence-electron chi connectivity index (χ3n) is 5.40. The van der Waals surface area contributed by atoms with Gasteiger partial charge in [-0.3, -0.25) is 4.79 Å². The van der Waals surface area contributed by atoms with Crippen LogP contribution in [0.4, 0.5) is 0 Å². The fourth-order valence-electron chi connectivity index (χ4n) is 4.04. The molecule has 116 valence electrons. The number of piperidine rings is 1. The maximum atomic E-state index is 12.6. The van der Waals surface area contributed by atoms with E-state index in [0.29, 0.717) is 18.4 Å². The monoisotopic (exact) mass is 280 g/mol. The molecule has 3 heteroatoms. The van der Waals surface area contributed by atoms with Crippen LogP contribution in [0, 0.1) is 11.3 Å². The number of carbonyl (C=O) groups excluding carboxylic acids is 1. The predicted molar refractivity (Wildman–Crippen MR) is 83.4 cm³/mol. The molecule has 1 saturated carbocycles. The van der Waals surface area contributed by atoms with Gasteiger partial charge in [0.05, 0.1) is 0 Å². The second-order valence-corrected chi connectivity index (χ2v) is 7.54. The Hall–Kier alpha value is -0.570. The van der Waals surface area contributed by atoms with E-state index in [1.165, 1.54) is 38.5 Å². The van der Waals surface area contributed by atoms with E-state index < -0.39 is 0 Å². The van der Waals surface area contributed by atoms with Crippen molar-refractivity contribution in [3.05, 3.63) is 0 Å². The van der Waals surface area contributed by atoms with Gasteiger partial charge in [0.2, 0.25) is 5.91 Å². The first-order valence-corrected chi connectivity index (χ1v) is 8.53. The van der Waals surface area contributed by atoms with Gasteiger partial charge >= 0.3 is 0 Å². The van der Waals surface area contributed by atoms with Gasteiger partial charge in [-0.25, -0.2) is 0 Å². The molecule has 2 atom stereocenters. The number of hydrogen-bond donors (Lipinski definition) is 1. The zero-order valence-corrected chi connectivity index (χ0v) is 13.4. The number of rotatable bonds is 5. The number of nitrogens with two attached hydrogens (primary N) is 1. The Balaban J connectivity index is 1.87. The van der Waals surface area contributed by atoms with Crippen LogP contribution in [0.5, 0.6) is 0 Å². The largest absolute Gasteiger partial charge is 0.339 e. The quantitative estimate of drug-likeness (QED) is 0.839. The molecule has 0 aromatic carbocycles. The lowest BCUT2D eigenvalue weighted by Gasteiger charge is -2.44. The van der Waals surface area contributed by atoms with Crippen molar-refractivity contribution in [2.24, 2.45) is 17.1 Å². The van der Waals surface area contributed by atoms with Gasteiger partial charge in [0.15, 0.2) is 0 Å². The Morgan fingerprint density at radius 1 is 1.15 bits per heavy atom. The summed E-state index contributed by atoms with van der Waals surface area (Å²) in [5, 5.41) is 0. The fourth-order valence-corrected chi connectivity index (χ4v) is 4.04. The number of fused-ring (bicyclic) bond motifs is 1. The van der Waals surface area contributed by atoms with Gasteiger partial charge in [-0.15, -0.1) is 0 Å². The topological polar surface area (TPSA) is 46.3 Å². The van der Waals surface area contributed by atoms with Crippen molar-refractivity contribution in [3.8, 4) is 0 Å². The first-order chi connectivity index (χ1) is 9.53. The van der Waals surface area contributed by atoms with Crippen molar-refractivity contribution < 1.29 is 4.79 Å². The highest BCUT2D eigenvalue weighted by molar-refractivity contribution is 5.76. The predicted octanol–water partition coefficient (Wildman–Crippen LogP) is 3.32. The first-order valence-electron chi connectivity index (χ1n) is 8.53. The van der Waals surface area contributed by atoms with E-state index in [1.807, 2.05) is 0 Å². The molecule has 2 fully saturated rings. The summed E-state index contributed by atoms with van der Waals surface area (Å²) < 4.78 is 0. The molecule has 0 unspecified atom stereocenters. The third-order valence-corrected chi connectivity index (χ3v) is 5.40. The van der Waals surface area contributed by atoms with Crippen LogP contribution >= 0.6 is 0 Å². The van der Waals surface area contributed by atoms with E-state index in [0.717, 1.165) is 31.8 Å². The molecule has 0 radical (unpaired) electrons. The molecule has 1 amide bonds. The lowest BCUT2D eigenvalue weighted by Crippen LogP contribution is -2.49. The maximum Gasteiger partial charge on any atom is 0.222 e. The second kappa shape index (κ2) is 6.93. The first kappa shape index (κ1) is 15.8. The minimum Gasteiger partial charge on any atom is -0.339 e. The smallest absolute Gasteiger partial charge is 0.222 e. The van der Waals surface area contributed by atoms with E-state index in [4.69, 9.17) is 5.73 Å². The van der Waals surface area contributed by atoms with E-state index in [1.54, 1.807) is 0 Å². The van der Waals surface area contributed by atoms with Crippen molar-refractivity contribution in [1.82, 2.24) is 4.90 Å². The van der Waals surface area contributed by atoms with Crippen molar-refractivity contribution >= 4 is 5.91 Å². The van der Waals surface area contributed by atoms with Gasteiger partial charge in [-0.2, -0.15) is 0 Å². The zero-order chi connectivity index (χ0) is 14.6. The normalized spacial score (nSPS) is 27.2. The Bertz CT molecular complexity index is 325. The summed E-state index contributed by atoms with van der Waals surface area (Å²) in [5.41, 5.74) is 5.86. The van der Waals surface area contributed by atoms with Gasteiger partial charge in [-0.05, 0) is 56.4 Å². The summed E-state index contributed by atoms with van der Waals surface area (Å²) in [6, 6.07) is 0.558. The number of nitrogens with zero attached hydrogens (tertiary/aromatic N) is 1. The minimum atomic E-state index is 0.201. The molecule has 2 N–H and O–H groups in total. The molecule has 20 heavy (non-hydrogen) atoms. The second-order valence-electron chi connectivity index (χ2n) is 7.54. The van der Waals surface area contributed by atoms with Gasteiger partial charge < -0.3 is 10.6 Å². The Morgan fingerprint density at radius 2 is 1.85 bits per heavy atom. The Labute approximate surface area is 124 Å². The Kier molecular flexibility index (Phi) is 5.48. The zero-order valence-electron chi connectivity index (χ0n) is 13.4. The molecule has 0 aromatic rings. The van der Waals surface area contributed by atoms with Crippen LogP contribution in [0.25, 0.3) is 0 Å². The van der Waals surface area contributed by atoms with Crippen LogP contribution in [0.3, 0.4) is 0 Å². The van der Waals surface area contributed by atoms with Gasteiger partial charge in [0.1, 0.15) is 0 Å². The molecule has 1 saturated heterocycles. The molecule has 0 aromatic heterocycles. The number of carbonyl (C=O) groups is 1. The van der Waals surface area contributed by atoms with Crippen LogP contribution < -0.4 is 5.73 Å². The summed E-state index contributed by atoms with van der Waals surface area (Å²) in [4.78, 5) is 14.8. The SMILES string of the molecule is CC(C)(CCN)CCC(=O)N1CCC[C@H]2CCCC[C@H]21. The average molecular weight is 280 g/mol. The molecular formula is C17H32N2O. The lowest BCUT2D eigenvalue weighted by molar-refractivity contribution is -0.138. The average Bonchev–Trinajstić information content (AvgIpc) is 2.44. The molecule has 1 heterocycles. The molecule has 0 bridgehead atoms. The summed E-state index contributed by atoms with van der Waals surface area (Å²) in [6.07, 6.45) is 10.5. The summed E-state index contributed by atoms with van der Waals surface area (Å²) in [6.45, 7) is 6.17. The molecule has 3 nitrogen and oxygen atoms in total. The van der Waals surface area contributed by atoms with Gasteiger partial charge in [0, 0.05) is 19.0 Å². The fraction of sp³-hybridized carbons (Fsp3) is 0.941. The van der Waals surface area contributed by atoms with E-state index in [2.05, 4.69) is 18.7 Å². The van der Waals surface area contributed by atoms with Crippen molar-refractivity contribution in [1.29, 1.82) is 0 Å². The van der Waals surface area contributed by atoms with Crippen LogP contribution in [-0.2, 0) is 4.79 Å². The molecule has 2 aliphatic rings. The Morgan fingerprint density at radius 3 is 2.60 bits per heavy atom. The minimum absolute atomic E-state index is 0.201. The highest BCUT2D eigenvalue weighted by Gasteiger charge is 2.35. The van der Waals surface area contributed by atoms with Crippen molar-refractivity contribution in [2.75, 3.05) is 13.1 Å². The van der Waals surface area contributed by atoms with Gasteiger partial charge in [0.25, 0.3) is 0 Å². The van der Waals surface area contributed by atoms with Crippen LogP contribution in [0.1, 0.15) is 71.6 Å². The molecule has 1 aliphatic heterocycles. The highest BCUT2D eigenvalue weighted by Crippen LogP contribution is 2.36. The number of hydrogen-bond acceptors (Lipinski definition) is 2. The van der Waals surface area contributed by atoms with Crippen molar-refractivity contribution in [3.63, 3.8) is 0 Å². The van der Waals surface area contributed by atoms with E-state index in [-0.39, 0.29) is 5.41 Å². The third kappa shape index (κ3) is 3.97. The van der Waals surface area contributed by atoms with Crippen LogP contribution in [0.15, 0.2) is 0 Å². The molecule has 1 aliphatic carbocycles. The van der Waals surface area contributed by atoms with Crippen LogP contribution in [0.2, 0.25) is 0 Å². The molecule has 0 spiro atoms. The van der Waals surface area contributed by atoms with E-state index >= 15 is 0 Å². The summed E-state index contributed by atoms with van der Waals surface area (Å²) in [7, 11) is 0. The van der Waals surface area contributed by atoms with Crippen LogP contribution in [-0.4, -0.2) is 29.9 Å². The summed E-state index contributed by atoms with van der Waals surface area (Å²) in [5.74, 6) is 1.19. The lowest BCUT2D eigenvalue weighted by atomic mass is 9.78. The molecular weight excluding hydrogens is 248 g/mol. The standard InChI is InChI=1S/C17H32N2O/c1-17(2,11-12-18)10-9-16(20)19-13-5-7-14-6-3-4-8-15(14)19/h14-15H,3-13,18H2,1-2H3/t14-,15-/m1/s1. The number of amides is 1. The maximum absolute atomic E-state index is 12.6. The molecule has 2 rings (SSSR count). The van der Waals surface area contributed by atoms with Crippen molar-refractivity contribution in [2.45, 2.75) is 77.7 Å².